The van der Waals surface area contributed by atoms with Crippen LogP contribution in [0, 0.1) is 0 Å². The van der Waals surface area contributed by atoms with Gasteiger partial charge in [0.2, 0.25) is 0 Å². The summed E-state index contributed by atoms with van der Waals surface area (Å²) in [6, 6.07) is 13.2. The average Bonchev–Trinajstić information content (AvgIpc) is 2.99. The smallest absolute Gasteiger partial charge is 0.103 e. The summed E-state index contributed by atoms with van der Waals surface area (Å²) in [4.78, 5) is 0. The van der Waals surface area contributed by atoms with Crippen molar-refractivity contribution in [2.24, 2.45) is 0 Å². The first-order valence-corrected chi connectivity index (χ1v) is 7.27. The maximum Gasteiger partial charge on any atom is 0.103 e. The van der Waals surface area contributed by atoms with E-state index in [4.69, 9.17) is 9.15 Å². The molecule has 0 saturated carbocycles. The Kier molecular flexibility index (Phi) is 4.19. The molecule has 20 heavy (non-hydrogen) atoms. The van der Waals surface area contributed by atoms with Crippen LogP contribution in [0.15, 0.2) is 47.1 Å². The number of hydrogen-bond donors (Lipinski definition) is 1. The first kappa shape index (κ1) is 13.4. The molecule has 0 bridgehead atoms. The van der Waals surface area contributed by atoms with E-state index in [1.807, 2.05) is 12.1 Å². The third-order valence-electron chi connectivity index (χ3n) is 3.86. The Morgan fingerprint density at radius 3 is 3.00 bits per heavy atom. The van der Waals surface area contributed by atoms with Gasteiger partial charge in [-0.3, -0.25) is 0 Å². The fraction of sp³-hybridized carbons (Fsp3) is 0.412. The number of benzene rings is 1. The van der Waals surface area contributed by atoms with Crippen molar-refractivity contribution in [2.45, 2.75) is 38.5 Å². The second kappa shape index (κ2) is 6.25. The quantitative estimate of drug-likeness (QED) is 0.904. The number of rotatable bonds is 5. The Labute approximate surface area is 119 Å². The SMILES string of the molecule is CC(CCc1ccco1)NC1COCc2ccccc21. The molecular weight excluding hydrogens is 250 g/mol. The molecule has 1 aliphatic rings. The summed E-state index contributed by atoms with van der Waals surface area (Å²) < 4.78 is 11.1. The first-order valence-electron chi connectivity index (χ1n) is 7.27. The number of fused-ring (bicyclic) bond motifs is 1. The molecule has 2 unspecified atom stereocenters. The van der Waals surface area contributed by atoms with Crippen LogP contribution in [0.4, 0.5) is 0 Å². The minimum Gasteiger partial charge on any atom is -0.469 e. The lowest BCUT2D eigenvalue weighted by atomic mass is 9.98. The molecular formula is C17H21NO2. The molecule has 1 aromatic carbocycles. The molecule has 0 aliphatic carbocycles. The average molecular weight is 271 g/mol. The Morgan fingerprint density at radius 1 is 1.25 bits per heavy atom. The third-order valence-corrected chi connectivity index (χ3v) is 3.86. The maximum absolute atomic E-state index is 5.68. The van der Waals surface area contributed by atoms with Crippen molar-refractivity contribution in [1.82, 2.24) is 5.32 Å². The second-order valence-electron chi connectivity index (χ2n) is 5.45. The highest BCUT2D eigenvalue weighted by Gasteiger charge is 2.21. The zero-order valence-electron chi connectivity index (χ0n) is 11.8. The topological polar surface area (TPSA) is 34.4 Å². The molecule has 1 aromatic heterocycles. The van der Waals surface area contributed by atoms with Crippen LogP contribution in [-0.4, -0.2) is 12.6 Å². The predicted molar refractivity (Wildman–Crippen MR) is 78.5 cm³/mol. The molecule has 0 saturated heterocycles. The molecule has 2 atom stereocenters. The Bertz CT molecular complexity index is 536. The predicted octanol–water partition coefficient (Wildman–Crippen LogP) is 3.46. The van der Waals surface area contributed by atoms with Gasteiger partial charge < -0.3 is 14.5 Å². The molecule has 0 spiro atoms. The highest BCUT2D eigenvalue weighted by atomic mass is 16.5. The van der Waals surface area contributed by atoms with E-state index in [0.717, 1.165) is 31.8 Å². The van der Waals surface area contributed by atoms with Gasteiger partial charge in [-0.25, -0.2) is 0 Å². The highest BCUT2D eigenvalue weighted by Crippen LogP contribution is 2.25. The molecule has 0 fully saturated rings. The molecule has 106 valence electrons. The fourth-order valence-electron chi connectivity index (χ4n) is 2.76. The van der Waals surface area contributed by atoms with E-state index in [2.05, 4.69) is 36.5 Å². The molecule has 3 nitrogen and oxygen atoms in total. The Morgan fingerprint density at radius 2 is 2.15 bits per heavy atom. The summed E-state index contributed by atoms with van der Waals surface area (Å²) in [6.07, 6.45) is 3.77. The van der Waals surface area contributed by atoms with Gasteiger partial charge in [0.15, 0.2) is 0 Å². The number of furan rings is 1. The van der Waals surface area contributed by atoms with Gasteiger partial charge in [0.05, 0.1) is 25.5 Å². The van der Waals surface area contributed by atoms with Gasteiger partial charge in [-0.1, -0.05) is 24.3 Å². The minimum atomic E-state index is 0.298. The normalized spacial score (nSPS) is 19.6. The van der Waals surface area contributed by atoms with Crippen molar-refractivity contribution in [2.75, 3.05) is 6.61 Å². The largest absolute Gasteiger partial charge is 0.469 e. The summed E-state index contributed by atoms with van der Waals surface area (Å²) in [5.74, 6) is 1.05. The van der Waals surface area contributed by atoms with Gasteiger partial charge >= 0.3 is 0 Å². The van der Waals surface area contributed by atoms with Crippen LogP contribution >= 0.6 is 0 Å². The van der Waals surface area contributed by atoms with Crippen LogP contribution in [0.1, 0.15) is 36.3 Å². The van der Waals surface area contributed by atoms with Crippen molar-refractivity contribution in [1.29, 1.82) is 0 Å². The van der Waals surface area contributed by atoms with Gasteiger partial charge in [-0.05, 0) is 36.6 Å². The van der Waals surface area contributed by atoms with Gasteiger partial charge in [0.25, 0.3) is 0 Å². The summed E-state index contributed by atoms with van der Waals surface area (Å²) in [7, 11) is 0. The minimum absolute atomic E-state index is 0.298. The zero-order valence-corrected chi connectivity index (χ0v) is 11.8. The Hall–Kier alpha value is -1.58. The fourth-order valence-corrected chi connectivity index (χ4v) is 2.76. The number of aryl methyl sites for hydroxylation is 1. The van der Waals surface area contributed by atoms with Gasteiger partial charge in [0, 0.05) is 12.5 Å². The monoisotopic (exact) mass is 271 g/mol. The summed E-state index contributed by atoms with van der Waals surface area (Å²) in [5.41, 5.74) is 2.68. The number of hydrogen-bond acceptors (Lipinski definition) is 3. The number of nitrogens with one attached hydrogen (secondary N) is 1. The molecule has 0 radical (unpaired) electrons. The zero-order chi connectivity index (χ0) is 13.8. The molecule has 3 rings (SSSR count). The van der Waals surface area contributed by atoms with Crippen LogP contribution in [0.2, 0.25) is 0 Å². The molecule has 0 amide bonds. The maximum atomic E-state index is 5.68. The third kappa shape index (κ3) is 3.11. The van der Waals surface area contributed by atoms with Crippen LogP contribution < -0.4 is 5.32 Å². The lowest BCUT2D eigenvalue weighted by Crippen LogP contribution is -2.36. The van der Waals surface area contributed by atoms with Gasteiger partial charge in [-0.2, -0.15) is 0 Å². The Balaban J connectivity index is 1.58. The van der Waals surface area contributed by atoms with Crippen molar-refractivity contribution in [3.05, 3.63) is 59.5 Å². The van der Waals surface area contributed by atoms with Gasteiger partial charge in [0.1, 0.15) is 5.76 Å². The van der Waals surface area contributed by atoms with E-state index in [0.29, 0.717) is 12.1 Å². The van der Waals surface area contributed by atoms with E-state index in [1.165, 1.54) is 11.1 Å². The van der Waals surface area contributed by atoms with Gasteiger partial charge in [-0.15, -0.1) is 0 Å². The van der Waals surface area contributed by atoms with Crippen LogP contribution in [0.3, 0.4) is 0 Å². The summed E-state index contributed by atoms with van der Waals surface area (Å²) in [5, 5.41) is 3.67. The van der Waals surface area contributed by atoms with Crippen LogP contribution in [0.5, 0.6) is 0 Å². The van der Waals surface area contributed by atoms with E-state index >= 15 is 0 Å². The van der Waals surface area contributed by atoms with E-state index in [-0.39, 0.29) is 0 Å². The standard InChI is InChI=1S/C17H21NO2/c1-13(8-9-15-6-4-10-20-15)18-17-12-19-11-14-5-2-3-7-16(14)17/h2-7,10,13,17-18H,8-9,11-12H2,1H3. The second-order valence-corrected chi connectivity index (χ2v) is 5.45. The van der Waals surface area contributed by atoms with Crippen molar-refractivity contribution >= 4 is 0 Å². The van der Waals surface area contributed by atoms with Crippen LogP contribution in [0.25, 0.3) is 0 Å². The number of ether oxygens (including phenoxy) is 1. The summed E-state index contributed by atoms with van der Waals surface area (Å²) in [6.45, 7) is 3.71. The van der Waals surface area contributed by atoms with Crippen molar-refractivity contribution < 1.29 is 9.15 Å². The molecule has 2 heterocycles. The van der Waals surface area contributed by atoms with E-state index < -0.39 is 0 Å². The summed E-state index contributed by atoms with van der Waals surface area (Å²) >= 11 is 0. The molecule has 2 aromatic rings. The lowest BCUT2D eigenvalue weighted by Gasteiger charge is -2.29. The van der Waals surface area contributed by atoms with E-state index in [1.54, 1.807) is 6.26 Å². The van der Waals surface area contributed by atoms with Crippen molar-refractivity contribution in [3.63, 3.8) is 0 Å². The van der Waals surface area contributed by atoms with E-state index in [9.17, 15) is 0 Å². The molecule has 1 aliphatic heterocycles. The highest BCUT2D eigenvalue weighted by molar-refractivity contribution is 5.31. The van der Waals surface area contributed by atoms with Crippen LogP contribution in [-0.2, 0) is 17.8 Å². The molecule has 3 heteroatoms. The molecule has 1 N–H and O–H groups in total. The lowest BCUT2D eigenvalue weighted by molar-refractivity contribution is 0.0787. The van der Waals surface area contributed by atoms with Crippen molar-refractivity contribution in [3.8, 4) is 0 Å². The first-order chi connectivity index (χ1) is 9.83.